The highest BCUT2D eigenvalue weighted by atomic mass is 32.2. The molecule has 0 fully saturated rings. The Kier molecular flexibility index (Phi) is 6.82. The first kappa shape index (κ1) is 20.8. The number of benzene rings is 2. The fourth-order valence-corrected chi connectivity index (χ4v) is 3.84. The van der Waals surface area contributed by atoms with Crippen LogP contribution in [0.4, 0.5) is 5.69 Å². The summed E-state index contributed by atoms with van der Waals surface area (Å²) >= 11 is 1.37. The van der Waals surface area contributed by atoms with Crippen LogP contribution in [0.1, 0.15) is 42.5 Å². The van der Waals surface area contributed by atoms with Gasteiger partial charge < -0.3 is 9.88 Å². The Hall–Kier alpha value is -2.93. The minimum absolute atomic E-state index is 0.0366. The number of amides is 1. The zero-order chi connectivity index (χ0) is 20.8. The third-order valence-electron chi connectivity index (χ3n) is 4.50. The number of thioether (sulfide) groups is 1. The molecule has 7 heteroatoms. The molecule has 1 aromatic heterocycles. The highest BCUT2D eigenvalue weighted by Crippen LogP contribution is 2.24. The van der Waals surface area contributed by atoms with Gasteiger partial charge in [-0.2, -0.15) is 0 Å². The second-order valence-electron chi connectivity index (χ2n) is 6.69. The lowest BCUT2D eigenvalue weighted by Gasteiger charge is -2.13. The van der Waals surface area contributed by atoms with Crippen LogP contribution in [0.25, 0.3) is 0 Å². The number of carbonyl (C=O) groups is 2. The third kappa shape index (κ3) is 5.32. The maximum absolute atomic E-state index is 12.6. The number of hydrogen-bond donors (Lipinski definition) is 1. The monoisotopic (exact) mass is 408 g/mol. The van der Waals surface area contributed by atoms with Crippen LogP contribution >= 0.6 is 11.8 Å². The van der Waals surface area contributed by atoms with E-state index in [4.69, 9.17) is 0 Å². The van der Waals surface area contributed by atoms with Gasteiger partial charge >= 0.3 is 0 Å². The number of hydrogen-bond acceptors (Lipinski definition) is 5. The van der Waals surface area contributed by atoms with E-state index in [1.54, 1.807) is 24.3 Å². The number of anilines is 1. The van der Waals surface area contributed by atoms with Gasteiger partial charge in [0.2, 0.25) is 5.91 Å². The van der Waals surface area contributed by atoms with Crippen LogP contribution in [0.15, 0.2) is 59.8 Å². The van der Waals surface area contributed by atoms with Gasteiger partial charge in [0.25, 0.3) is 0 Å². The topological polar surface area (TPSA) is 76.9 Å². The number of nitrogens with zero attached hydrogens (tertiary/aromatic N) is 3. The van der Waals surface area contributed by atoms with Crippen LogP contribution in [0.5, 0.6) is 0 Å². The minimum Gasteiger partial charge on any atom is -0.325 e. The summed E-state index contributed by atoms with van der Waals surface area (Å²) in [5.41, 5.74) is 2.35. The number of carbonyl (C=O) groups excluding carboxylic acids is 2. The molecule has 150 valence electrons. The van der Waals surface area contributed by atoms with Crippen LogP contribution in [0.3, 0.4) is 0 Å². The molecule has 0 aliphatic carbocycles. The minimum atomic E-state index is -0.366. The molecule has 1 heterocycles. The molecule has 0 aliphatic rings. The fraction of sp³-hybridized carbons (Fsp3) is 0.273. The Morgan fingerprint density at radius 1 is 1.10 bits per heavy atom. The Bertz CT molecular complexity index is 1000. The summed E-state index contributed by atoms with van der Waals surface area (Å²) in [6.07, 6.45) is 0.695. The molecule has 0 saturated heterocycles. The molecule has 0 unspecified atom stereocenters. The summed E-state index contributed by atoms with van der Waals surface area (Å²) in [6, 6.07) is 17.1. The van der Waals surface area contributed by atoms with E-state index in [9.17, 15) is 9.59 Å². The van der Waals surface area contributed by atoms with Gasteiger partial charge in [-0.05, 0) is 38.5 Å². The van der Waals surface area contributed by atoms with Crippen molar-refractivity contribution in [2.45, 2.75) is 44.1 Å². The van der Waals surface area contributed by atoms with Gasteiger partial charge in [0.05, 0.1) is 5.25 Å². The van der Waals surface area contributed by atoms with Gasteiger partial charge in [-0.3, -0.25) is 9.59 Å². The van der Waals surface area contributed by atoms with E-state index >= 15 is 0 Å². The van der Waals surface area contributed by atoms with Gasteiger partial charge in [0, 0.05) is 24.2 Å². The molecule has 0 spiro atoms. The number of rotatable bonds is 8. The van der Waals surface area contributed by atoms with Crippen molar-refractivity contribution in [1.82, 2.24) is 14.8 Å². The molecule has 1 atom stereocenters. The summed E-state index contributed by atoms with van der Waals surface area (Å²) < 4.78 is 2.04. The lowest BCUT2D eigenvalue weighted by atomic mass is 10.1. The first-order valence-electron chi connectivity index (χ1n) is 9.52. The Balaban J connectivity index is 1.68. The fourth-order valence-electron chi connectivity index (χ4n) is 2.90. The average molecular weight is 409 g/mol. The molecular formula is C22H24N4O2S. The Morgan fingerprint density at radius 2 is 1.86 bits per heavy atom. The maximum atomic E-state index is 12.6. The molecule has 1 N–H and O–H groups in total. The maximum Gasteiger partial charge on any atom is 0.237 e. The van der Waals surface area contributed by atoms with E-state index in [-0.39, 0.29) is 16.9 Å². The molecule has 1 amide bonds. The Labute approximate surface area is 174 Å². The van der Waals surface area contributed by atoms with Gasteiger partial charge in [-0.15, -0.1) is 10.2 Å². The van der Waals surface area contributed by atoms with Gasteiger partial charge in [-0.25, -0.2) is 0 Å². The van der Waals surface area contributed by atoms with Crippen molar-refractivity contribution >= 4 is 29.1 Å². The normalized spacial score (nSPS) is 11.8. The molecule has 0 saturated carbocycles. The molecule has 3 aromatic rings. The number of nitrogens with one attached hydrogen (secondary N) is 1. The van der Waals surface area contributed by atoms with Crippen molar-refractivity contribution in [2.75, 3.05) is 5.32 Å². The van der Waals surface area contributed by atoms with Gasteiger partial charge in [0.1, 0.15) is 5.82 Å². The third-order valence-corrected chi connectivity index (χ3v) is 5.58. The first-order chi connectivity index (χ1) is 14.0. The largest absolute Gasteiger partial charge is 0.325 e. The van der Waals surface area contributed by atoms with E-state index < -0.39 is 0 Å². The summed E-state index contributed by atoms with van der Waals surface area (Å²) in [7, 11) is 0. The standard InChI is InChI=1S/C22H24N4O2S/c1-4-26-20(13-17-9-6-5-7-10-17)24-25-22(26)29-16(3)21(28)23-19-12-8-11-18(14-19)15(2)27/h5-12,14,16H,4,13H2,1-3H3,(H,23,28)/t16-/m0/s1. The van der Waals surface area contributed by atoms with E-state index in [0.29, 0.717) is 17.7 Å². The quantitative estimate of drug-likeness (QED) is 0.446. The first-order valence-corrected chi connectivity index (χ1v) is 10.4. The molecular weight excluding hydrogens is 384 g/mol. The van der Waals surface area contributed by atoms with Crippen LogP contribution in [-0.4, -0.2) is 31.7 Å². The predicted molar refractivity (Wildman–Crippen MR) is 115 cm³/mol. The summed E-state index contributed by atoms with van der Waals surface area (Å²) in [5.74, 6) is 0.694. The predicted octanol–water partition coefficient (Wildman–Crippen LogP) is 4.21. The highest BCUT2D eigenvalue weighted by Gasteiger charge is 2.20. The highest BCUT2D eigenvalue weighted by molar-refractivity contribution is 8.00. The molecule has 3 rings (SSSR count). The summed E-state index contributed by atoms with van der Waals surface area (Å²) in [5, 5.41) is 11.9. The van der Waals surface area contributed by atoms with E-state index in [0.717, 1.165) is 17.5 Å². The van der Waals surface area contributed by atoms with E-state index in [1.165, 1.54) is 24.2 Å². The lowest BCUT2D eigenvalue weighted by molar-refractivity contribution is -0.115. The van der Waals surface area contributed by atoms with Crippen molar-refractivity contribution in [3.63, 3.8) is 0 Å². The summed E-state index contributed by atoms with van der Waals surface area (Å²) in [6.45, 7) is 6.11. The number of Topliss-reactive ketones (excluding diaryl/α,β-unsaturated/α-hetero) is 1. The molecule has 2 aromatic carbocycles. The lowest BCUT2D eigenvalue weighted by Crippen LogP contribution is -2.23. The van der Waals surface area contributed by atoms with Gasteiger partial charge in [-0.1, -0.05) is 54.2 Å². The second-order valence-corrected chi connectivity index (χ2v) is 8.00. The van der Waals surface area contributed by atoms with Crippen molar-refractivity contribution in [2.24, 2.45) is 0 Å². The van der Waals surface area contributed by atoms with Gasteiger partial charge in [0.15, 0.2) is 10.9 Å². The molecule has 0 aliphatic heterocycles. The molecule has 0 radical (unpaired) electrons. The SMILES string of the molecule is CCn1c(Cc2ccccc2)nnc1S[C@@H](C)C(=O)Nc1cccc(C(C)=O)c1. The molecule has 0 bridgehead atoms. The second kappa shape index (κ2) is 9.52. The smallest absolute Gasteiger partial charge is 0.237 e. The molecule has 6 nitrogen and oxygen atoms in total. The van der Waals surface area contributed by atoms with Crippen LogP contribution < -0.4 is 5.32 Å². The number of aromatic nitrogens is 3. The van der Waals surface area contributed by atoms with Crippen molar-refractivity contribution in [1.29, 1.82) is 0 Å². The zero-order valence-corrected chi connectivity index (χ0v) is 17.6. The van der Waals surface area contributed by atoms with Crippen molar-refractivity contribution in [3.05, 3.63) is 71.5 Å². The number of ketones is 1. The van der Waals surface area contributed by atoms with Crippen LogP contribution in [-0.2, 0) is 17.8 Å². The van der Waals surface area contributed by atoms with E-state index in [1.807, 2.05) is 36.6 Å². The van der Waals surface area contributed by atoms with Crippen molar-refractivity contribution < 1.29 is 9.59 Å². The van der Waals surface area contributed by atoms with E-state index in [2.05, 4.69) is 27.6 Å². The van der Waals surface area contributed by atoms with Crippen LogP contribution in [0.2, 0.25) is 0 Å². The van der Waals surface area contributed by atoms with Crippen LogP contribution in [0, 0.1) is 0 Å². The summed E-state index contributed by atoms with van der Waals surface area (Å²) in [4.78, 5) is 24.1. The zero-order valence-electron chi connectivity index (χ0n) is 16.8. The van der Waals surface area contributed by atoms with Crippen molar-refractivity contribution in [3.8, 4) is 0 Å². The average Bonchev–Trinajstić information content (AvgIpc) is 3.09. The molecule has 29 heavy (non-hydrogen) atoms. The Morgan fingerprint density at radius 3 is 2.55 bits per heavy atom.